The standard InChI is InChI=1S/C18H16BrN3O3S2/c1-24-15-7-6-11(8-16(15)25-2)14(23)10-26-18-22-21-17(27-18)20-13-5-3-4-12(19)9-13/h3-9H,10H2,1-2H3,(H,20,21). The molecule has 0 aliphatic heterocycles. The quantitative estimate of drug-likeness (QED) is 0.369. The molecule has 3 aromatic rings. The van der Waals surface area contributed by atoms with Gasteiger partial charge < -0.3 is 14.8 Å². The molecule has 0 saturated carbocycles. The molecule has 0 saturated heterocycles. The van der Waals surface area contributed by atoms with E-state index in [0.717, 1.165) is 14.5 Å². The third-order valence-electron chi connectivity index (χ3n) is 3.51. The number of nitrogens with zero attached hydrogens (tertiary/aromatic N) is 2. The second-order valence-electron chi connectivity index (χ2n) is 5.29. The highest BCUT2D eigenvalue weighted by molar-refractivity contribution is 9.10. The number of hydrogen-bond donors (Lipinski definition) is 1. The van der Waals surface area contributed by atoms with Crippen LogP contribution in [0.4, 0.5) is 10.8 Å². The van der Waals surface area contributed by atoms with Crippen LogP contribution < -0.4 is 14.8 Å². The molecule has 1 N–H and O–H groups in total. The lowest BCUT2D eigenvalue weighted by Gasteiger charge is -2.08. The van der Waals surface area contributed by atoms with Gasteiger partial charge in [-0.3, -0.25) is 4.79 Å². The van der Waals surface area contributed by atoms with Crippen LogP contribution in [-0.2, 0) is 0 Å². The van der Waals surface area contributed by atoms with Crippen molar-refractivity contribution < 1.29 is 14.3 Å². The van der Waals surface area contributed by atoms with Crippen molar-refractivity contribution in [1.29, 1.82) is 0 Å². The molecule has 0 atom stereocenters. The van der Waals surface area contributed by atoms with Gasteiger partial charge in [0.05, 0.1) is 20.0 Å². The van der Waals surface area contributed by atoms with Crippen LogP contribution in [0.5, 0.6) is 11.5 Å². The molecule has 27 heavy (non-hydrogen) atoms. The molecule has 3 rings (SSSR count). The van der Waals surface area contributed by atoms with Gasteiger partial charge in [-0.05, 0) is 36.4 Å². The Labute approximate surface area is 173 Å². The smallest absolute Gasteiger partial charge is 0.210 e. The van der Waals surface area contributed by atoms with Crippen LogP contribution in [0.25, 0.3) is 0 Å². The van der Waals surface area contributed by atoms with Gasteiger partial charge in [-0.1, -0.05) is 45.1 Å². The molecule has 6 nitrogen and oxygen atoms in total. The second kappa shape index (κ2) is 9.20. The van der Waals surface area contributed by atoms with E-state index >= 15 is 0 Å². The predicted octanol–water partition coefficient (Wildman–Crippen LogP) is 5.04. The number of nitrogens with one attached hydrogen (secondary N) is 1. The average Bonchev–Trinajstić information content (AvgIpc) is 3.12. The number of thioether (sulfide) groups is 1. The lowest BCUT2D eigenvalue weighted by Crippen LogP contribution is -2.03. The summed E-state index contributed by atoms with van der Waals surface area (Å²) in [7, 11) is 3.10. The van der Waals surface area contributed by atoms with E-state index in [9.17, 15) is 4.79 Å². The number of ketones is 1. The summed E-state index contributed by atoms with van der Waals surface area (Å²) in [6.07, 6.45) is 0. The molecule has 0 aliphatic rings. The summed E-state index contributed by atoms with van der Waals surface area (Å²) in [5, 5.41) is 12.1. The second-order valence-corrected chi connectivity index (χ2v) is 8.41. The Hall–Kier alpha value is -2.10. The summed E-state index contributed by atoms with van der Waals surface area (Å²) in [6.45, 7) is 0. The monoisotopic (exact) mass is 465 g/mol. The molecule has 0 aliphatic carbocycles. The van der Waals surface area contributed by atoms with Crippen LogP contribution >= 0.6 is 39.0 Å². The molecule has 0 unspecified atom stereocenters. The minimum absolute atomic E-state index is 0.0161. The van der Waals surface area contributed by atoms with E-state index in [1.165, 1.54) is 23.1 Å². The third-order valence-corrected chi connectivity index (χ3v) is 5.98. The number of ether oxygens (including phenoxy) is 2. The van der Waals surface area contributed by atoms with Crippen molar-refractivity contribution in [2.24, 2.45) is 0 Å². The van der Waals surface area contributed by atoms with Crippen molar-refractivity contribution >= 4 is 55.6 Å². The number of anilines is 2. The van der Waals surface area contributed by atoms with Gasteiger partial charge in [-0.25, -0.2) is 0 Å². The maximum absolute atomic E-state index is 12.4. The van der Waals surface area contributed by atoms with Gasteiger partial charge >= 0.3 is 0 Å². The van der Waals surface area contributed by atoms with Crippen LogP contribution in [0, 0.1) is 0 Å². The van der Waals surface area contributed by atoms with Crippen molar-refractivity contribution in [2.45, 2.75) is 4.34 Å². The first kappa shape index (κ1) is 19.7. The number of Topliss-reactive ketones (excluding diaryl/α,β-unsaturated/α-hetero) is 1. The van der Waals surface area contributed by atoms with Crippen molar-refractivity contribution in [3.8, 4) is 11.5 Å². The van der Waals surface area contributed by atoms with Crippen LogP contribution in [0.3, 0.4) is 0 Å². The number of halogens is 1. The van der Waals surface area contributed by atoms with E-state index in [2.05, 4.69) is 31.4 Å². The van der Waals surface area contributed by atoms with Gasteiger partial charge in [0.1, 0.15) is 0 Å². The molecule has 140 valence electrons. The zero-order chi connectivity index (χ0) is 19.2. The summed E-state index contributed by atoms with van der Waals surface area (Å²) < 4.78 is 12.1. The number of hydrogen-bond acceptors (Lipinski definition) is 8. The summed E-state index contributed by atoms with van der Waals surface area (Å²) in [5.41, 5.74) is 1.48. The molecule has 2 aromatic carbocycles. The molecule has 0 spiro atoms. The lowest BCUT2D eigenvalue weighted by molar-refractivity contribution is 0.102. The number of methoxy groups -OCH3 is 2. The number of aromatic nitrogens is 2. The summed E-state index contributed by atoms with van der Waals surface area (Å²) in [5.74, 6) is 1.37. The molecule has 0 bridgehead atoms. The molecular weight excluding hydrogens is 450 g/mol. The SMILES string of the molecule is COc1ccc(C(=O)CSc2nnc(Nc3cccc(Br)c3)s2)cc1OC. The average molecular weight is 466 g/mol. The van der Waals surface area contributed by atoms with E-state index in [-0.39, 0.29) is 11.5 Å². The van der Waals surface area contributed by atoms with Gasteiger partial charge in [0.25, 0.3) is 0 Å². The van der Waals surface area contributed by atoms with Gasteiger partial charge in [0.2, 0.25) is 5.13 Å². The third kappa shape index (κ3) is 5.21. The van der Waals surface area contributed by atoms with E-state index in [1.807, 2.05) is 24.3 Å². The molecule has 1 aromatic heterocycles. The minimum Gasteiger partial charge on any atom is -0.493 e. The summed E-state index contributed by atoms with van der Waals surface area (Å²) in [4.78, 5) is 12.4. The van der Waals surface area contributed by atoms with Gasteiger partial charge in [0.15, 0.2) is 21.6 Å². The van der Waals surface area contributed by atoms with Crippen LogP contribution in [0.15, 0.2) is 51.3 Å². The van der Waals surface area contributed by atoms with Gasteiger partial charge in [0, 0.05) is 15.7 Å². The highest BCUT2D eigenvalue weighted by Gasteiger charge is 2.13. The first-order valence-electron chi connectivity index (χ1n) is 7.83. The molecule has 1 heterocycles. The fraction of sp³-hybridized carbons (Fsp3) is 0.167. The molecule has 0 radical (unpaired) electrons. The van der Waals surface area contributed by atoms with E-state index in [0.29, 0.717) is 22.2 Å². The van der Waals surface area contributed by atoms with Crippen molar-refractivity contribution in [3.63, 3.8) is 0 Å². The Balaban J connectivity index is 1.60. The van der Waals surface area contributed by atoms with Crippen molar-refractivity contribution in [1.82, 2.24) is 10.2 Å². The maximum Gasteiger partial charge on any atom is 0.210 e. The van der Waals surface area contributed by atoms with Crippen LogP contribution in [0.2, 0.25) is 0 Å². The topological polar surface area (TPSA) is 73.3 Å². The Bertz CT molecular complexity index is 949. The Morgan fingerprint density at radius 1 is 1.15 bits per heavy atom. The zero-order valence-electron chi connectivity index (χ0n) is 14.6. The number of benzene rings is 2. The highest BCUT2D eigenvalue weighted by Crippen LogP contribution is 2.31. The molecule has 9 heteroatoms. The van der Waals surface area contributed by atoms with Crippen molar-refractivity contribution in [2.75, 3.05) is 25.3 Å². The predicted molar refractivity (Wildman–Crippen MR) is 112 cm³/mol. The zero-order valence-corrected chi connectivity index (χ0v) is 17.8. The fourth-order valence-corrected chi connectivity index (χ4v) is 4.29. The van der Waals surface area contributed by atoms with Crippen molar-refractivity contribution in [3.05, 3.63) is 52.5 Å². The first-order chi connectivity index (χ1) is 13.1. The Morgan fingerprint density at radius 3 is 2.70 bits per heavy atom. The fourth-order valence-electron chi connectivity index (χ4n) is 2.23. The highest BCUT2D eigenvalue weighted by atomic mass is 79.9. The van der Waals surface area contributed by atoms with Crippen LogP contribution in [0.1, 0.15) is 10.4 Å². The largest absolute Gasteiger partial charge is 0.493 e. The Morgan fingerprint density at radius 2 is 1.96 bits per heavy atom. The van der Waals surface area contributed by atoms with E-state index in [4.69, 9.17) is 9.47 Å². The van der Waals surface area contributed by atoms with E-state index < -0.39 is 0 Å². The lowest BCUT2D eigenvalue weighted by atomic mass is 10.1. The van der Waals surface area contributed by atoms with Crippen LogP contribution in [-0.4, -0.2) is 36.0 Å². The van der Waals surface area contributed by atoms with Gasteiger partial charge in [-0.2, -0.15) is 0 Å². The maximum atomic E-state index is 12.4. The molecular formula is C18H16BrN3O3S2. The normalized spacial score (nSPS) is 10.5. The van der Waals surface area contributed by atoms with Gasteiger partial charge in [-0.15, -0.1) is 10.2 Å². The number of rotatable bonds is 8. The first-order valence-corrected chi connectivity index (χ1v) is 10.4. The molecule has 0 fully saturated rings. The van der Waals surface area contributed by atoms with E-state index in [1.54, 1.807) is 32.4 Å². The number of carbonyl (C=O) groups is 1. The summed E-state index contributed by atoms with van der Waals surface area (Å²) >= 11 is 6.19. The molecule has 0 amide bonds. The Kier molecular flexibility index (Phi) is 6.70. The number of carbonyl (C=O) groups excluding carboxylic acids is 1. The minimum atomic E-state index is -0.0161. The summed E-state index contributed by atoms with van der Waals surface area (Å²) in [6, 6.07) is 12.9.